The standard InChI is InChI=1S/C12H12BrNO2/c1-2-3-11(15)8-16-12-5-4-10(13)6-9(12)7-14/h4-6H,2-3,8H2,1H3. The number of carbonyl (C=O) groups excluding carboxylic acids is 1. The minimum absolute atomic E-state index is 0.0319. The Kier molecular flexibility index (Phi) is 5.00. The molecule has 0 aliphatic carbocycles. The third-order valence-electron chi connectivity index (χ3n) is 1.98. The Hall–Kier alpha value is -1.34. The number of nitriles is 1. The van der Waals surface area contributed by atoms with Crippen LogP contribution >= 0.6 is 15.9 Å². The van der Waals surface area contributed by atoms with Gasteiger partial charge in [-0.25, -0.2) is 0 Å². The summed E-state index contributed by atoms with van der Waals surface area (Å²) >= 11 is 3.27. The first-order chi connectivity index (χ1) is 7.67. The van der Waals surface area contributed by atoms with Gasteiger partial charge >= 0.3 is 0 Å². The van der Waals surface area contributed by atoms with Crippen molar-refractivity contribution in [3.8, 4) is 11.8 Å². The first-order valence-electron chi connectivity index (χ1n) is 5.01. The number of hydrogen-bond donors (Lipinski definition) is 0. The summed E-state index contributed by atoms with van der Waals surface area (Å²) in [5.41, 5.74) is 0.429. The number of ketones is 1. The summed E-state index contributed by atoms with van der Waals surface area (Å²) in [6.07, 6.45) is 1.33. The van der Waals surface area contributed by atoms with Crippen molar-refractivity contribution in [3.05, 3.63) is 28.2 Å². The molecule has 0 N–H and O–H groups in total. The van der Waals surface area contributed by atoms with Gasteiger partial charge in [-0.05, 0) is 24.6 Å². The number of halogens is 1. The second kappa shape index (κ2) is 6.29. The van der Waals surface area contributed by atoms with Crippen LogP contribution in [-0.4, -0.2) is 12.4 Å². The van der Waals surface area contributed by atoms with Crippen molar-refractivity contribution in [1.29, 1.82) is 5.26 Å². The SMILES string of the molecule is CCCC(=O)COc1ccc(Br)cc1C#N. The zero-order chi connectivity index (χ0) is 12.0. The van der Waals surface area contributed by atoms with E-state index in [1.54, 1.807) is 18.2 Å². The van der Waals surface area contributed by atoms with Gasteiger partial charge in [0.05, 0.1) is 5.56 Å². The van der Waals surface area contributed by atoms with Gasteiger partial charge in [0.2, 0.25) is 0 Å². The fourth-order valence-corrected chi connectivity index (χ4v) is 1.59. The van der Waals surface area contributed by atoms with Crippen LogP contribution in [0.5, 0.6) is 5.75 Å². The number of ether oxygens (including phenoxy) is 1. The van der Waals surface area contributed by atoms with E-state index in [1.807, 2.05) is 13.0 Å². The maximum atomic E-state index is 11.3. The molecule has 0 fully saturated rings. The fraction of sp³-hybridized carbons (Fsp3) is 0.333. The first-order valence-corrected chi connectivity index (χ1v) is 5.80. The van der Waals surface area contributed by atoms with Crippen molar-refractivity contribution >= 4 is 21.7 Å². The average Bonchev–Trinajstić information content (AvgIpc) is 2.27. The molecular formula is C12H12BrNO2. The summed E-state index contributed by atoms with van der Waals surface area (Å²) in [4.78, 5) is 11.3. The van der Waals surface area contributed by atoms with E-state index in [-0.39, 0.29) is 12.4 Å². The summed E-state index contributed by atoms with van der Waals surface area (Å²) in [5, 5.41) is 8.88. The quantitative estimate of drug-likeness (QED) is 0.833. The van der Waals surface area contributed by atoms with Crippen LogP contribution in [0.25, 0.3) is 0 Å². The van der Waals surface area contributed by atoms with Crippen LogP contribution < -0.4 is 4.74 Å². The molecule has 4 heteroatoms. The molecule has 84 valence electrons. The Morgan fingerprint density at radius 1 is 1.56 bits per heavy atom. The van der Waals surface area contributed by atoms with Crippen molar-refractivity contribution in [3.63, 3.8) is 0 Å². The van der Waals surface area contributed by atoms with Crippen molar-refractivity contribution in [2.45, 2.75) is 19.8 Å². The Bertz CT molecular complexity index is 424. The van der Waals surface area contributed by atoms with E-state index in [0.717, 1.165) is 10.9 Å². The molecule has 0 aliphatic rings. The highest BCUT2D eigenvalue weighted by molar-refractivity contribution is 9.10. The van der Waals surface area contributed by atoms with Crippen molar-refractivity contribution < 1.29 is 9.53 Å². The molecule has 0 amide bonds. The second-order valence-corrected chi connectivity index (χ2v) is 4.25. The minimum atomic E-state index is 0.0319. The lowest BCUT2D eigenvalue weighted by molar-refractivity contribution is -0.121. The lowest BCUT2D eigenvalue weighted by Crippen LogP contribution is -2.11. The van der Waals surface area contributed by atoms with Crippen LogP contribution in [0.15, 0.2) is 22.7 Å². The molecule has 1 aromatic rings. The van der Waals surface area contributed by atoms with Crippen molar-refractivity contribution in [2.75, 3.05) is 6.61 Å². The zero-order valence-electron chi connectivity index (χ0n) is 9.00. The molecule has 0 spiro atoms. The van der Waals surface area contributed by atoms with E-state index >= 15 is 0 Å². The minimum Gasteiger partial charge on any atom is -0.484 e. The van der Waals surface area contributed by atoms with Crippen LogP contribution in [0.3, 0.4) is 0 Å². The summed E-state index contributed by atoms with van der Waals surface area (Å²) in [6.45, 7) is 1.97. The van der Waals surface area contributed by atoms with Gasteiger partial charge in [-0.2, -0.15) is 5.26 Å². The van der Waals surface area contributed by atoms with Gasteiger partial charge in [0.1, 0.15) is 18.4 Å². The molecule has 0 bridgehead atoms. The van der Waals surface area contributed by atoms with E-state index in [2.05, 4.69) is 15.9 Å². The van der Waals surface area contributed by atoms with Crippen LogP contribution in [0, 0.1) is 11.3 Å². The third kappa shape index (κ3) is 3.67. The summed E-state index contributed by atoms with van der Waals surface area (Å²) < 4.78 is 6.12. The largest absolute Gasteiger partial charge is 0.484 e. The summed E-state index contributed by atoms with van der Waals surface area (Å²) in [6, 6.07) is 7.15. The van der Waals surface area contributed by atoms with E-state index < -0.39 is 0 Å². The Labute approximate surface area is 103 Å². The predicted molar refractivity (Wildman–Crippen MR) is 64.3 cm³/mol. The number of carbonyl (C=O) groups is 1. The predicted octanol–water partition coefficient (Wildman–Crippen LogP) is 3.07. The lowest BCUT2D eigenvalue weighted by atomic mass is 10.2. The van der Waals surface area contributed by atoms with E-state index in [0.29, 0.717) is 17.7 Å². The van der Waals surface area contributed by atoms with Crippen LogP contribution in [0.2, 0.25) is 0 Å². The molecule has 0 saturated carbocycles. The van der Waals surface area contributed by atoms with Gasteiger partial charge in [-0.1, -0.05) is 22.9 Å². The molecule has 0 atom stereocenters. The number of Topliss-reactive ketones (excluding diaryl/α,β-unsaturated/α-hetero) is 1. The third-order valence-corrected chi connectivity index (χ3v) is 2.47. The molecular weight excluding hydrogens is 270 g/mol. The maximum Gasteiger partial charge on any atom is 0.170 e. The highest BCUT2D eigenvalue weighted by atomic mass is 79.9. The second-order valence-electron chi connectivity index (χ2n) is 3.33. The molecule has 0 heterocycles. The van der Waals surface area contributed by atoms with Gasteiger partial charge in [0, 0.05) is 10.9 Å². The monoisotopic (exact) mass is 281 g/mol. The van der Waals surface area contributed by atoms with E-state index in [1.165, 1.54) is 0 Å². The highest BCUT2D eigenvalue weighted by Gasteiger charge is 2.06. The zero-order valence-corrected chi connectivity index (χ0v) is 10.6. The Balaban J connectivity index is 2.67. The summed E-state index contributed by atoms with van der Waals surface area (Å²) in [7, 11) is 0. The van der Waals surface area contributed by atoms with Gasteiger partial charge < -0.3 is 4.74 Å². The van der Waals surface area contributed by atoms with Crippen LogP contribution in [0.1, 0.15) is 25.3 Å². The highest BCUT2D eigenvalue weighted by Crippen LogP contribution is 2.22. The molecule has 1 rings (SSSR count). The molecule has 1 aromatic carbocycles. The Morgan fingerprint density at radius 3 is 2.94 bits per heavy atom. The molecule has 3 nitrogen and oxygen atoms in total. The molecule has 0 unspecified atom stereocenters. The lowest BCUT2D eigenvalue weighted by Gasteiger charge is -2.06. The number of hydrogen-bond acceptors (Lipinski definition) is 3. The number of rotatable bonds is 5. The molecule has 0 aliphatic heterocycles. The molecule has 16 heavy (non-hydrogen) atoms. The molecule has 0 radical (unpaired) electrons. The van der Waals surface area contributed by atoms with E-state index in [4.69, 9.17) is 10.00 Å². The Morgan fingerprint density at radius 2 is 2.31 bits per heavy atom. The smallest absolute Gasteiger partial charge is 0.170 e. The van der Waals surface area contributed by atoms with Gasteiger partial charge in [-0.3, -0.25) is 4.79 Å². The molecule has 0 aromatic heterocycles. The number of benzene rings is 1. The van der Waals surface area contributed by atoms with E-state index in [9.17, 15) is 4.79 Å². The van der Waals surface area contributed by atoms with Crippen molar-refractivity contribution in [2.24, 2.45) is 0 Å². The average molecular weight is 282 g/mol. The van der Waals surface area contributed by atoms with Gasteiger partial charge in [0.25, 0.3) is 0 Å². The molecule has 0 saturated heterocycles. The summed E-state index contributed by atoms with van der Waals surface area (Å²) in [5.74, 6) is 0.504. The van der Waals surface area contributed by atoms with Crippen LogP contribution in [0.4, 0.5) is 0 Å². The van der Waals surface area contributed by atoms with Gasteiger partial charge in [-0.15, -0.1) is 0 Å². The normalized spacial score (nSPS) is 9.56. The van der Waals surface area contributed by atoms with Gasteiger partial charge in [0.15, 0.2) is 5.78 Å². The topological polar surface area (TPSA) is 50.1 Å². The van der Waals surface area contributed by atoms with Crippen molar-refractivity contribution in [1.82, 2.24) is 0 Å². The first kappa shape index (κ1) is 12.7. The van der Waals surface area contributed by atoms with Crippen LogP contribution in [-0.2, 0) is 4.79 Å². The fourth-order valence-electron chi connectivity index (χ4n) is 1.22. The number of nitrogens with zero attached hydrogens (tertiary/aromatic N) is 1. The maximum absolute atomic E-state index is 11.3.